The summed E-state index contributed by atoms with van der Waals surface area (Å²) in [4.78, 5) is 29.0. The van der Waals surface area contributed by atoms with Crippen molar-refractivity contribution in [3.05, 3.63) is 81.0 Å². The summed E-state index contributed by atoms with van der Waals surface area (Å²) >= 11 is 5.89. The normalized spacial score (nSPS) is 11.3. The third kappa shape index (κ3) is 5.60. The second-order valence-corrected chi connectivity index (χ2v) is 6.93. The van der Waals surface area contributed by atoms with Crippen molar-refractivity contribution in [3.8, 4) is 0 Å². The Morgan fingerprint density at radius 3 is 2.58 bits per heavy atom. The second-order valence-electron chi connectivity index (χ2n) is 6.52. The molecule has 0 aliphatic heterocycles. The van der Waals surface area contributed by atoms with E-state index < -0.39 is 35.6 Å². The lowest BCUT2D eigenvalue weighted by molar-refractivity contribution is -0.137. The van der Waals surface area contributed by atoms with Crippen molar-refractivity contribution in [2.24, 2.45) is 0 Å². The Balaban J connectivity index is 1.87. The lowest BCUT2D eigenvalue weighted by Crippen LogP contribution is -2.30. The Labute approximate surface area is 178 Å². The summed E-state index contributed by atoms with van der Waals surface area (Å²) in [7, 11) is 0. The largest absolute Gasteiger partial charge is 0.416 e. The summed E-state index contributed by atoms with van der Waals surface area (Å²) in [6.45, 7) is 0.987. The van der Waals surface area contributed by atoms with Crippen molar-refractivity contribution in [3.63, 3.8) is 0 Å². The van der Waals surface area contributed by atoms with Gasteiger partial charge in [0, 0.05) is 17.4 Å². The predicted octanol–water partition coefficient (Wildman–Crippen LogP) is 4.75. The first-order valence-corrected chi connectivity index (χ1v) is 9.18. The Bertz CT molecular complexity index is 1190. The number of nitrogens with one attached hydrogen (secondary N) is 2. The fourth-order valence-electron chi connectivity index (χ4n) is 2.69. The molecule has 3 aromatic rings. The van der Waals surface area contributed by atoms with Gasteiger partial charge in [0.05, 0.1) is 16.3 Å². The maximum atomic E-state index is 13.5. The molecule has 0 atom stereocenters. The molecule has 3 rings (SSSR count). The van der Waals surface area contributed by atoms with Crippen molar-refractivity contribution in [1.82, 2.24) is 9.55 Å². The van der Waals surface area contributed by atoms with E-state index in [1.54, 1.807) is 6.92 Å². The number of rotatable bonds is 5. The van der Waals surface area contributed by atoms with E-state index >= 15 is 0 Å². The first kappa shape index (κ1) is 22.3. The number of hydrogen-bond acceptors (Lipinski definition) is 4. The van der Waals surface area contributed by atoms with Crippen LogP contribution in [0.5, 0.6) is 0 Å². The van der Waals surface area contributed by atoms with Crippen LogP contribution in [0.15, 0.2) is 53.3 Å². The molecule has 0 spiro atoms. The number of amides is 1. The lowest BCUT2D eigenvalue weighted by atomic mass is 10.2. The molecular weight excluding hydrogens is 440 g/mol. The fourth-order valence-corrected chi connectivity index (χ4v) is 2.86. The summed E-state index contributed by atoms with van der Waals surface area (Å²) in [5, 5.41) is 4.93. The van der Waals surface area contributed by atoms with Crippen molar-refractivity contribution >= 4 is 34.8 Å². The van der Waals surface area contributed by atoms with Gasteiger partial charge in [0.1, 0.15) is 12.4 Å². The zero-order valence-corrected chi connectivity index (χ0v) is 16.7. The Hall–Kier alpha value is -3.40. The molecule has 0 aliphatic carbocycles. The van der Waals surface area contributed by atoms with Crippen LogP contribution in [0.2, 0.25) is 5.02 Å². The van der Waals surface area contributed by atoms with Crippen LogP contribution in [0.4, 0.5) is 34.9 Å². The molecule has 0 bridgehead atoms. The molecule has 2 aromatic carbocycles. The molecule has 31 heavy (non-hydrogen) atoms. The Kier molecular flexibility index (Phi) is 6.30. The van der Waals surface area contributed by atoms with Gasteiger partial charge < -0.3 is 10.6 Å². The van der Waals surface area contributed by atoms with Crippen LogP contribution in [-0.4, -0.2) is 15.5 Å². The van der Waals surface area contributed by atoms with E-state index in [1.165, 1.54) is 30.3 Å². The molecule has 0 aliphatic rings. The van der Waals surface area contributed by atoms with Crippen molar-refractivity contribution in [2.75, 3.05) is 10.6 Å². The number of hydrogen-bond donors (Lipinski definition) is 2. The maximum absolute atomic E-state index is 13.5. The van der Waals surface area contributed by atoms with Gasteiger partial charge in [-0.05, 0) is 43.3 Å². The number of benzene rings is 2. The minimum absolute atomic E-state index is 0.0408. The molecule has 1 amide bonds. The van der Waals surface area contributed by atoms with E-state index in [0.29, 0.717) is 11.8 Å². The summed E-state index contributed by atoms with van der Waals surface area (Å²) in [6, 6.07) is 9.05. The molecule has 0 saturated carbocycles. The Morgan fingerprint density at radius 1 is 1.16 bits per heavy atom. The third-order valence-electron chi connectivity index (χ3n) is 4.09. The molecule has 0 saturated heterocycles. The number of halogens is 5. The summed E-state index contributed by atoms with van der Waals surface area (Å²) in [6.07, 6.45) is -4.62. The van der Waals surface area contributed by atoms with E-state index in [-0.39, 0.29) is 22.3 Å². The first-order valence-electron chi connectivity index (χ1n) is 8.80. The van der Waals surface area contributed by atoms with Gasteiger partial charge in [-0.15, -0.1) is 0 Å². The monoisotopic (exact) mass is 454 g/mol. The molecule has 1 aromatic heterocycles. The minimum atomic E-state index is -4.62. The quantitative estimate of drug-likeness (QED) is 0.546. The van der Waals surface area contributed by atoms with Gasteiger partial charge in [0.15, 0.2) is 0 Å². The highest BCUT2D eigenvalue weighted by Gasteiger charge is 2.31. The number of alkyl halides is 3. The predicted molar refractivity (Wildman–Crippen MR) is 108 cm³/mol. The van der Waals surface area contributed by atoms with Crippen LogP contribution in [0.3, 0.4) is 0 Å². The average molecular weight is 455 g/mol. The molecule has 162 valence electrons. The lowest BCUT2D eigenvalue weighted by Gasteiger charge is -2.15. The van der Waals surface area contributed by atoms with Crippen molar-refractivity contribution < 1.29 is 22.4 Å². The molecule has 11 heteroatoms. The SMILES string of the molecule is Cc1cc(=O)n(CC(=O)Nc2cc(C(F)(F)F)ccc2Cl)c(Nc2cccc(F)c2)n1. The Morgan fingerprint density at radius 2 is 1.90 bits per heavy atom. The number of anilines is 3. The standard InChI is InChI=1S/C20H15ClF4N4O2/c1-11-7-18(31)29(19(26-11)27-14-4-2-3-13(22)9-14)10-17(30)28-16-8-12(20(23,24)25)5-6-15(16)21/h2-9H,10H2,1H3,(H,26,27)(H,28,30). The number of carbonyl (C=O) groups excluding carboxylic acids is 1. The van der Waals surface area contributed by atoms with Crippen LogP contribution in [-0.2, 0) is 17.5 Å². The van der Waals surface area contributed by atoms with Crippen molar-refractivity contribution in [1.29, 1.82) is 0 Å². The molecule has 0 fully saturated rings. The molecule has 2 N–H and O–H groups in total. The molecule has 0 radical (unpaired) electrons. The zero-order valence-electron chi connectivity index (χ0n) is 15.9. The van der Waals surface area contributed by atoms with Gasteiger partial charge in [-0.2, -0.15) is 13.2 Å². The summed E-state index contributed by atoms with van der Waals surface area (Å²) < 4.78 is 53.2. The van der Waals surface area contributed by atoms with Gasteiger partial charge in [0.25, 0.3) is 5.56 Å². The summed E-state index contributed by atoms with van der Waals surface area (Å²) in [5.74, 6) is -1.37. The minimum Gasteiger partial charge on any atom is -0.325 e. The molecule has 0 unspecified atom stereocenters. The molecule has 6 nitrogen and oxygen atoms in total. The molecule has 1 heterocycles. The average Bonchev–Trinajstić information content (AvgIpc) is 2.65. The highest BCUT2D eigenvalue weighted by molar-refractivity contribution is 6.33. The van der Waals surface area contributed by atoms with Crippen molar-refractivity contribution in [2.45, 2.75) is 19.6 Å². The maximum Gasteiger partial charge on any atom is 0.416 e. The van der Waals surface area contributed by atoms with Gasteiger partial charge in [-0.3, -0.25) is 14.2 Å². The number of aryl methyl sites for hydroxylation is 1. The highest BCUT2D eigenvalue weighted by atomic mass is 35.5. The van der Waals surface area contributed by atoms with E-state index in [0.717, 1.165) is 16.7 Å². The van der Waals surface area contributed by atoms with E-state index in [1.807, 2.05) is 0 Å². The van der Waals surface area contributed by atoms with Crippen LogP contribution in [0.1, 0.15) is 11.3 Å². The molecular formula is C20H15ClF4N4O2. The third-order valence-corrected chi connectivity index (χ3v) is 4.42. The first-order chi connectivity index (χ1) is 14.5. The van der Waals surface area contributed by atoms with Crippen LogP contribution < -0.4 is 16.2 Å². The number of aromatic nitrogens is 2. The van der Waals surface area contributed by atoms with Crippen LogP contribution >= 0.6 is 11.6 Å². The van der Waals surface area contributed by atoms with E-state index in [4.69, 9.17) is 11.6 Å². The number of carbonyl (C=O) groups is 1. The van der Waals surface area contributed by atoms with E-state index in [9.17, 15) is 27.2 Å². The second kappa shape index (κ2) is 8.76. The van der Waals surface area contributed by atoms with E-state index in [2.05, 4.69) is 15.6 Å². The topological polar surface area (TPSA) is 76.0 Å². The van der Waals surface area contributed by atoms with Gasteiger partial charge in [0.2, 0.25) is 11.9 Å². The summed E-state index contributed by atoms with van der Waals surface area (Å²) in [5.41, 5.74) is -1.20. The zero-order chi connectivity index (χ0) is 22.8. The van der Waals surface area contributed by atoms with Crippen LogP contribution in [0, 0.1) is 12.7 Å². The highest BCUT2D eigenvalue weighted by Crippen LogP contribution is 2.33. The van der Waals surface area contributed by atoms with Crippen LogP contribution in [0.25, 0.3) is 0 Å². The fraction of sp³-hybridized carbons (Fsp3) is 0.150. The number of nitrogens with zero attached hydrogens (tertiary/aromatic N) is 2. The van der Waals surface area contributed by atoms with Gasteiger partial charge in [-0.25, -0.2) is 9.37 Å². The smallest absolute Gasteiger partial charge is 0.325 e. The van der Waals surface area contributed by atoms with Gasteiger partial charge >= 0.3 is 6.18 Å². The van der Waals surface area contributed by atoms with Gasteiger partial charge in [-0.1, -0.05) is 17.7 Å².